The third kappa shape index (κ3) is 1.28. The van der Waals surface area contributed by atoms with Gasteiger partial charge in [0, 0.05) is 6.08 Å². The van der Waals surface area contributed by atoms with Crippen molar-refractivity contribution in [2.45, 2.75) is 0 Å². The van der Waals surface area contributed by atoms with Crippen molar-refractivity contribution < 1.29 is 9.66 Å². The van der Waals surface area contributed by atoms with Gasteiger partial charge < -0.3 is 4.74 Å². The van der Waals surface area contributed by atoms with Gasteiger partial charge >= 0.3 is 5.70 Å². The summed E-state index contributed by atoms with van der Waals surface area (Å²) in [5.74, 6) is 0. The van der Waals surface area contributed by atoms with Crippen LogP contribution in [0.3, 0.4) is 0 Å². The molecule has 1 aliphatic heterocycles. The molecular weight excluding hydrogens is 122 g/mol. The lowest BCUT2D eigenvalue weighted by Gasteiger charge is -1.98. The van der Waals surface area contributed by atoms with Crippen LogP contribution in [0.1, 0.15) is 0 Å². The van der Waals surface area contributed by atoms with Crippen LogP contribution in [-0.4, -0.2) is 11.5 Å². The molecule has 1 heterocycles. The van der Waals surface area contributed by atoms with E-state index < -0.39 is 4.92 Å². The average molecular weight is 127 g/mol. The van der Waals surface area contributed by atoms with Crippen LogP contribution >= 0.6 is 0 Å². The smallest absolute Gasteiger partial charge is 0.303 e. The molecule has 1 rings (SSSR count). The normalized spacial score (nSPS) is 16.2. The number of rotatable bonds is 1. The Bertz CT molecular complexity index is 183. The van der Waals surface area contributed by atoms with Crippen LogP contribution in [0, 0.1) is 10.1 Å². The molecule has 9 heavy (non-hydrogen) atoms. The lowest BCUT2D eigenvalue weighted by molar-refractivity contribution is -0.421. The Morgan fingerprint density at radius 1 is 1.78 bits per heavy atom. The molecule has 0 N–H and O–H groups in total. The summed E-state index contributed by atoms with van der Waals surface area (Å²) in [5.41, 5.74) is 0.00116. The van der Waals surface area contributed by atoms with Gasteiger partial charge in [0.05, 0.1) is 4.92 Å². The summed E-state index contributed by atoms with van der Waals surface area (Å²) in [6.45, 7) is 0.428. The van der Waals surface area contributed by atoms with Crippen molar-refractivity contribution in [3.05, 3.63) is 34.2 Å². The van der Waals surface area contributed by atoms with Crippen molar-refractivity contribution in [1.29, 1.82) is 0 Å². The minimum Gasteiger partial charge on any atom is -0.490 e. The Hall–Kier alpha value is -1.32. The number of hydrogen-bond donors (Lipinski definition) is 0. The molecule has 0 aromatic heterocycles. The van der Waals surface area contributed by atoms with Gasteiger partial charge in [-0.3, -0.25) is 10.1 Å². The summed E-state index contributed by atoms with van der Waals surface area (Å²) >= 11 is 0. The Morgan fingerprint density at radius 3 is 2.89 bits per heavy atom. The zero-order chi connectivity index (χ0) is 6.69. The summed E-state index contributed by atoms with van der Waals surface area (Å²) in [5, 5.41) is 9.96. The maximum Gasteiger partial charge on any atom is 0.303 e. The van der Waals surface area contributed by atoms with E-state index in [1.807, 2.05) is 0 Å². The number of ether oxygens (including phenoxy) is 1. The van der Waals surface area contributed by atoms with E-state index in [0.29, 0.717) is 6.61 Å². The Labute approximate surface area is 51.6 Å². The lowest BCUT2D eigenvalue weighted by Crippen LogP contribution is -2.00. The molecule has 4 heteroatoms. The van der Waals surface area contributed by atoms with Crippen molar-refractivity contribution in [3.8, 4) is 0 Å². The fourth-order valence-corrected chi connectivity index (χ4v) is 0.501. The van der Waals surface area contributed by atoms with Crippen LogP contribution < -0.4 is 0 Å². The molecule has 4 nitrogen and oxygen atoms in total. The molecule has 0 aliphatic carbocycles. The maximum atomic E-state index is 9.96. The third-order valence-electron chi connectivity index (χ3n) is 0.896. The zero-order valence-corrected chi connectivity index (χ0v) is 4.61. The summed E-state index contributed by atoms with van der Waals surface area (Å²) in [6, 6.07) is 0. The molecule has 0 aromatic rings. The molecule has 0 saturated carbocycles. The van der Waals surface area contributed by atoms with E-state index in [1.54, 1.807) is 6.08 Å². The molecule has 0 amide bonds. The third-order valence-corrected chi connectivity index (χ3v) is 0.896. The largest absolute Gasteiger partial charge is 0.490 e. The molecule has 0 unspecified atom stereocenters. The van der Waals surface area contributed by atoms with Crippen molar-refractivity contribution >= 4 is 0 Å². The van der Waals surface area contributed by atoms with E-state index in [9.17, 15) is 10.1 Å². The second kappa shape index (κ2) is 2.30. The highest BCUT2D eigenvalue weighted by Crippen LogP contribution is 2.02. The van der Waals surface area contributed by atoms with Gasteiger partial charge in [0.1, 0.15) is 6.61 Å². The molecule has 0 aromatic carbocycles. The highest BCUT2D eigenvalue weighted by Gasteiger charge is 2.07. The fraction of sp³-hybridized carbons (Fsp3) is 0.200. The van der Waals surface area contributed by atoms with E-state index in [0.717, 1.165) is 6.26 Å². The predicted molar refractivity (Wildman–Crippen MR) is 30.2 cm³/mol. The van der Waals surface area contributed by atoms with Gasteiger partial charge in [-0.1, -0.05) is 0 Å². The second-order valence-electron chi connectivity index (χ2n) is 1.54. The maximum absolute atomic E-state index is 9.96. The topological polar surface area (TPSA) is 52.4 Å². The van der Waals surface area contributed by atoms with Crippen LogP contribution in [0.4, 0.5) is 0 Å². The minimum absolute atomic E-state index is 0.00116. The van der Waals surface area contributed by atoms with Crippen LogP contribution in [0.15, 0.2) is 24.1 Å². The number of allylic oxidation sites excluding steroid dienone is 1. The Balaban J connectivity index is 2.69. The van der Waals surface area contributed by atoms with Gasteiger partial charge in [-0.15, -0.1) is 0 Å². The summed E-state index contributed by atoms with van der Waals surface area (Å²) in [4.78, 5) is 9.47. The standard InChI is InChI=1S/C5H5NO3/c7-6(8)5-2-1-3-9-4-5/h1-2,4H,3H2. The van der Waals surface area contributed by atoms with Crippen LogP contribution in [0.2, 0.25) is 0 Å². The van der Waals surface area contributed by atoms with Gasteiger partial charge in [-0.05, 0) is 6.08 Å². The first-order valence-electron chi connectivity index (χ1n) is 2.43. The van der Waals surface area contributed by atoms with Crippen molar-refractivity contribution in [2.75, 3.05) is 6.61 Å². The Kier molecular flexibility index (Phi) is 1.48. The molecule has 1 aliphatic rings. The number of hydrogen-bond acceptors (Lipinski definition) is 3. The quantitative estimate of drug-likeness (QED) is 0.384. The second-order valence-corrected chi connectivity index (χ2v) is 1.54. The van der Waals surface area contributed by atoms with E-state index in [2.05, 4.69) is 4.74 Å². The number of nitro groups is 1. The van der Waals surface area contributed by atoms with Gasteiger partial charge in [0.2, 0.25) is 0 Å². The first kappa shape index (κ1) is 5.81. The van der Waals surface area contributed by atoms with Crippen LogP contribution in [0.25, 0.3) is 0 Å². The van der Waals surface area contributed by atoms with E-state index in [1.165, 1.54) is 6.08 Å². The van der Waals surface area contributed by atoms with Gasteiger partial charge in [0.25, 0.3) is 0 Å². The van der Waals surface area contributed by atoms with E-state index >= 15 is 0 Å². The molecule has 0 bridgehead atoms. The first-order valence-corrected chi connectivity index (χ1v) is 2.43. The molecule has 0 spiro atoms. The van der Waals surface area contributed by atoms with E-state index in [-0.39, 0.29) is 5.70 Å². The molecule has 0 fully saturated rings. The molecule has 0 atom stereocenters. The van der Waals surface area contributed by atoms with Gasteiger partial charge in [-0.25, -0.2) is 0 Å². The highest BCUT2D eigenvalue weighted by molar-refractivity contribution is 5.11. The van der Waals surface area contributed by atoms with Crippen LogP contribution in [0.5, 0.6) is 0 Å². The molecule has 48 valence electrons. The fourth-order valence-electron chi connectivity index (χ4n) is 0.501. The average Bonchev–Trinajstić information content (AvgIpc) is 1.90. The lowest BCUT2D eigenvalue weighted by atomic mass is 10.4. The summed E-state index contributed by atoms with van der Waals surface area (Å²) < 4.78 is 4.65. The van der Waals surface area contributed by atoms with Gasteiger partial charge in [-0.2, -0.15) is 0 Å². The first-order chi connectivity index (χ1) is 4.30. The predicted octanol–water partition coefficient (Wildman–Crippen LogP) is 0.691. The minimum atomic E-state index is -0.490. The number of nitrogens with zero attached hydrogens (tertiary/aromatic N) is 1. The molecular formula is C5H5NO3. The highest BCUT2D eigenvalue weighted by atomic mass is 16.6. The van der Waals surface area contributed by atoms with Crippen molar-refractivity contribution in [1.82, 2.24) is 0 Å². The summed E-state index contributed by atoms with van der Waals surface area (Å²) in [6.07, 6.45) is 4.15. The SMILES string of the molecule is O=[N+]([O-])C1=COCC=C1. The van der Waals surface area contributed by atoms with Gasteiger partial charge in [0.15, 0.2) is 6.26 Å². The van der Waals surface area contributed by atoms with Crippen molar-refractivity contribution in [3.63, 3.8) is 0 Å². The van der Waals surface area contributed by atoms with Crippen LogP contribution in [-0.2, 0) is 4.74 Å². The Morgan fingerprint density at radius 2 is 2.56 bits per heavy atom. The van der Waals surface area contributed by atoms with E-state index in [4.69, 9.17) is 0 Å². The molecule has 0 radical (unpaired) electrons. The summed E-state index contributed by atoms with van der Waals surface area (Å²) in [7, 11) is 0. The monoisotopic (exact) mass is 127 g/mol. The zero-order valence-electron chi connectivity index (χ0n) is 4.61. The molecule has 0 saturated heterocycles. The van der Waals surface area contributed by atoms with Crippen molar-refractivity contribution in [2.24, 2.45) is 0 Å².